The number of hydrogen-bond donors (Lipinski definition) is 1. The quantitative estimate of drug-likeness (QED) is 0.254. The molecule has 0 aromatic heterocycles. The van der Waals surface area contributed by atoms with Gasteiger partial charge < -0.3 is 5.73 Å². The molecule has 3 aliphatic carbocycles. The Kier molecular flexibility index (Phi) is 22.3. The summed E-state index contributed by atoms with van der Waals surface area (Å²) in [5.41, 5.74) is 7.39. The summed E-state index contributed by atoms with van der Waals surface area (Å²) in [4.78, 5) is 0. The highest BCUT2D eigenvalue weighted by Crippen LogP contribution is 2.54. The van der Waals surface area contributed by atoms with E-state index < -0.39 is 5.54 Å². The summed E-state index contributed by atoms with van der Waals surface area (Å²) >= 11 is 0. The molecule has 1 heteroatoms. The van der Waals surface area contributed by atoms with Gasteiger partial charge in [0, 0.05) is 32.6 Å². The molecule has 0 spiro atoms. The van der Waals surface area contributed by atoms with Crippen molar-refractivity contribution in [1.82, 2.24) is 0 Å². The lowest BCUT2D eigenvalue weighted by Crippen LogP contribution is -2.60. The molecule has 0 radical (unpaired) electrons. The molecule has 0 saturated heterocycles. The van der Waals surface area contributed by atoms with Crippen LogP contribution in [0.4, 0.5) is 0 Å². The third-order valence-electron chi connectivity index (χ3n) is 20.1. The smallest absolute Gasteiger partial charge is 0.0437 e. The Morgan fingerprint density at radius 1 is 0.397 bits per heavy atom. The van der Waals surface area contributed by atoms with E-state index in [1.165, 1.54) is 199 Å². The highest BCUT2D eigenvalue weighted by Gasteiger charge is 2.50. The van der Waals surface area contributed by atoms with Gasteiger partial charge in [-0.3, -0.25) is 0 Å². The maximum Gasteiger partial charge on any atom is 0.0437 e. The minimum Gasteiger partial charge on any atom is -0.324 e. The molecule has 3 fully saturated rings. The molecule has 63 heavy (non-hydrogen) atoms. The second-order valence-corrected chi connectivity index (χ2v) is 25.0. The van der Waals surface area contributed by atoms with Crippen molar-refractivity contribution in [3.8, 4) is 36.0 Å². The first-order valence-electron chi connectivity index (χ1n) is 28.0. The number of terminal acetylenes is 1. The Morgan fingerprint density at radius 3 is 1.05 bits per heavy atom. The Hall–Kier alpha value is -1.36. The van der Waals surface area contributed by atoms with Crippen LogP contribution >= 0.6 is 0 Å². The summed E-state index contributed by atoms with van der Waals surface area (Å²) in [5.74, 6) is 19.8. The van der Waals surface area contributed by atoms with Gasteiger partial charge >= 0.3 is 0 Å². The molecule has 4 unspecified atom stereocenters. The molecule has 0 heterocycles. The van der Waals surface area contributed by atoms with Crippen LogP contribution in [0.5, 0.6) is 0 Å². The van der Waals surface area contributed by atoms with Gasteiger partial charge in [0.1, 0.15) is 0 Å². The zero-order valence-corrected chi connectivity index (χ0v) is 44.9. The van der Waals surface area contributed by atoms with Crippen LogP contribution in [0.25, 0.3) is 0 Å². The first-order chi connectivity index (χ1) is 29.7. The van der Waals surface area contributed by atoms with Crippen molar-refractivity contribution < 1.29 is 0 Å². The SMILES string of the molecule is C#CC(C)(C)C(C)(N)C1(C)CCCCCC(C)(C#CC(CC)(CC)C2(C)CCCCCCC(C)(C#CC(C)(CC)C3(C)CCCCCCCCCCCC3)CCCC2)CCCCC1. The summed E-state index contributed by atoms with van der Waals surface area (Å²) in [6, 6.07) is 0. The monoisotopic (exact) mass is 868 g/mol. The summed E-state index contributed by atoms with van der Waals surface area (Å²) in [7, 11) is 0. The first-order valence-corrected chi connectivity index (χ1v) is 28.0. The molecule has 1 nitrogen and oxygen atoms in total. The Balaban J connectivity index is 1.79. The van der Waals surface area contributed by atoms with Crippen molar-refractivity contribution in [3.63, 3.8) is 0 Å². The topological polar surface area (TPSA) is 26.0 Å². The first kappa shape index (κ1) is 56.0. The Bertz CT molecular complexity index is 1460. The van der Waals surface area contributed by atoms with Gasteiger partial charge in [-0.2, -0.15) is 0 Å². The van der Waals surface area contributed by atoms with Crippen LogP contribution in [0.1, 0.15) is 308 Å². The predicted molar refractivity (Wildman–Crippen MR) is 280 cm³/mol. The summed E-state index contributed by atoms with van der Waals surface area (Å²) < 4.78 is 0. The lowest BCUT2D eigenvalue weighted by molar-refractivity contribution is 0.0488. The van der Waals surface area contributed by atoms with E-state index >= 15 is 0 Å². The van der Waals surface area contributed by atoms with E-state index in [1.807, 2.05) is 0 Å². The van der Waals surface area contributed by atoms with E-state index in [1.54, 1.807) is 0 Å². The van der Waals surface area contributed by atoms with Crippen LogP contribution in [0.15, 0.2) is 0 Å². The van der Waals surface area contributed by atoms with Crippen LogP contribution in [-0.2, 0) is 0 Å². The largest absolute Gasteiger partial charge is 0.324 e. The van der Waals surface area contributed by atoms with Gasteiger partial charge in [-0.15, -0.1) is 6.42 Å². The van der Waals surface area contributed by atoms with Gasteiger partial charge in [0.15, 0.2) is 0 Å². The lowest BCUT2D eigenvalue weighted by Gasteiger charge is -2.52. The van der Waals surface area contributed by atoms with Crippen molar-refractivity contribution in [2.45, 2.75) is 313 Å². The number of nitrogens with two attached hydrogens (primary N) is 1. The fourth-order valence-electron chi connectivity index (χ4n) is 13.3. The highest BCUT2D eigenvalue weighted by atomic mass is 14.8. The maximum absolute atomic E-state index is 7.19. The number of rotatable bonds is 7. The van der Waals surface area contributed by atoms with Gasteiger partial charge in [0.25, 0.3) is 0 Å². The van der Waals surface area contributed by atoms with E-state index in [0.29, 0.717) is 5.41 Å². The second-order valence-electron chi connectivity index (χ2n) is 25.0. The van der Waals surface area contributed by atoms with E-state index in [4.69, 9.17) is 12.2 Å². The van der Waals surface area contributed by atoms with Crippen LogP contribution in [0, 0.1) is 79.3 Å². The molecule has 3 aliphatic rings. The molecule has 362 valence electrons. The maximum atomic E-state index is 7.19. The van der Waals surface area contributed by atoms with Gasteiger partial charge in [0.05, 0.1) is 0 Å². The third-order valence-corrected chi connectivity index (χ3v) is 20.1. The Morgan fingerprint density at radius 2 is 0.683 bits per heavy atom. The molecule has 0 aromatic rings. The third kappa shape index (κ3) is 15.1. The van der Waals surface area contributed by atoms with Crippen molar-refractivity contribution in [2.24, 2.45) is 49.1 Å². The average Bonchev–Trinajstić information content (AvgIpc) is 3.27. The summed E-state index contributed by atoms with van der Waals surface area (Å²) in [5, 5.41) is 0. The fourth-order valence-corrected chi connectivity index (χ4v) is 13.3. The van der Waals surface area contributed by atoms with E-state index in [9.17, 15) is 0 Å². The minimum absolute atomic E-state index is 0.0444. The average molecular weight is 869 g/mol. The molecule has 3 saturated carbocycles. The molecule has 2 N–H and O–H groups in total. The minimum atomic E-state index is -0.402. The molecule has 0 amide bonds. The van der Waals surface area contributed by atoms with Gasteiger partial charge in [-0.05, 0) is 141 Å². The second kappa shape index (κ2) is 25.1. The zero-order chi connectivity index (χ0) is 46.8. The normalized spacial score (nSPS) is 32.0. The molecule has 4 atom stereocenters. The van der Waals surface area contributed by atoms with E-state index in [-0.39, 0.29) is 37.9 Å². The van der Waals surface area contributed by atoms with Crippen molar-refractivity contribution in [3.05, 3.63) is 0 Å². The predicted octanol–water partition coefficient (Wildman–Crippen LogP) is 19.1. The zero-order valence-electron chi connectivity index (χ0n) is 44.9. The van der Waals surface area contributed by atoms with Gasteiger partial charge in [-0.25, -0.2) is 0 Å². The van der Waals surface area contributed by atoms with Crippen molar-refractivity contribution >= 4 is 0 Å². The van der Waals surface area contributed by atoms with Crippen LogP contribution in [-0.4, -0.2) is 5.54 Å². The molecule has 0 aromatic carbocycles. The Labute approximate surface area is 396 Å². The molecule has 0 bridgehead atoms. The van der Waals surface area contributed by atoms with Gasteiger partial charge in [0.2, 0.25) is 0 Å². The van der Waals surface area contributed by atoms with Crippen LogP contribution in [0.2, 0.25) is 0 Å². The van der Waals surface area contributed by atoms with E-state index in [0.717, 1.165) is 25.7 Å². The molecular weight excluding hydrogens is 759 g/mol. The molecule has 0 aliphatic heterocycles. The summed E-state index contributed by atoms with van der Waals surface area (Å²) in [6.07, 6.45) is 51.7. The van der Waals surface area contributed by atoms with Crippen molar-refractivity contribution in [2.75, 3.05) is 0 Å². The van der Waals surface area contributed by atoms with Crippen molar-refractivity contribution in [1.29, 1.82) is 0 Å². The molecule has 3 rings (SSSR count). The number of hydrogen-bond acceptors (Lipinski definition) is 1. The van der Waals surface area contributed by atoms with Crippen LogP contribution < -0.4 is 5.73 Å². The summed E-state index contributed by atoms with van der Waals surface area (Å²) in [6.45, 7) is 29.4. The van der Waals surface area contributed by atoms with Crippen LogP contribution in [0.3, 0.4) is 0 Å². The fraction of sp³-hybridized carbons (Fsp3) is 0.903. The molecular formula is C62H109N. The lowest BCUT2D eigenvalue weighted by atomic mass is 9.56. The van der Waals surface area contributed by atoms with Gasteiger partial charge in [-0.1, -0.05) is 212 Å². The highest BCUT2D eigenvalue weighted by molar-refractivity contribution is 5.23. The van der Waals surface area contributed by atoms with E-state index in [2.05, 4.69) is 113 Å². The standard InChI is InChI=1S/C62H109N/c1-14-54(5,6)61(13,63)59(11)46-36-28-31-41-56(8,42-32-29-37-47-59)51-53-62(16-3,17-4)60(12)48-35-27-26-30-40-55(7,43-38-39-49-60)50-52-57(9,15-2)58(10)44-33-24-22-20-18-19-21-23-25-34-45-58/h1H,15-49,63H2,2-13H3.